The summed E-state index contributed by atoms with van der Waals surface area (Å²) >= 11 is 0. The Bertz CT molecular complexity index is 1250. The number of alkyl halides is 1. The second kappa shape index (κ2) is 11.9. The predicted octanol–water partition coefficient (Wildman–Crippen LogP) is 6.70. The molecule has 1 unspecified atom stereocenters. The van der Waals surface area contributed by atoms with Gasteiger partial charge in [-0.05, 0) is 38.3 Å². The zero-order valence-corrected chi connectivity index (χ0v) is 22.2. The largest absolute Gasteiger partial charge is 0.497 e. The molecule has 1 fully saturated rings. The third-order valence-corrected chi connectivity index (χ3v) is 7.02. The molecule has 0 amide bonds. The van der Waals surface area contributed by atoms with Crippen molar-refractivity contribution in [2.45, 2.75) is 44.8 Å². The lowest BCUT2D eigenvalue weighted by molar-refractivity contribution is 0.0872. The molecule has 0 spiro atoms. The molecule has 6 nitrogen and oxygen atoms in total. The van der Waals surface area contributed by atoms with Crippen LogP contribution in [0.5, 0.6) is 0 Å². The van der Waals surface area contributed by atoms with Gasteiger partial charge in [0.25, 0.3) is 6.01 Å². The summed E-state index contributed by atoms with van der Waals surface area (Å²) in [6.07, 6.45) is 5.37. The van der Waals surface area contributed by atoms with Crippen LogP contribution in [0, 0.1) is 0 Å². The summed E-state index contributed by atoms with van der Waals surface area (Å²) in [4.78, 5) is 6.60. The van der Waals surface area contributed by atoms with Crippen LogP contribution in [0.2, 0.25) is 0 Å². The second-order valence-corrected chi connectivity index (χ2v) is 9.84. The smallest absolute Gasteiger partial charge is 0.295 e. The van der Waals surface area contributed by atoms with Crippen LogP contribution in [0.3, 0.4) is 0 Å². The number of piperidine rings is 1. The van der Waals surface area contributed by atoms with Gasteiger partial charge in [0.2, 0.25) is 0 Å². The number of nitrogens with zero attached hydrogens (tertiary/aromatic N) is 2. The van der Waals surface area contributed by atoms with E-state index in [4.69, 9.17) is 13.9 Å². The average Bonchev–Trinajstić information content (AvgIpc) is 3.39. The van der Waals surface area contributed by atoms with E-state index in [1.165, 1.54) is 0 Å². The highest BCUT2D eigenvalue weighted by atomic mass is 19.1. The number of anilines is 1. The Labute approximate surface area is 224 Å². The lowest BCUT2D eigenvalue weighted by Gasteiger charge is -2.38. The molecular weight excluding hydrogens is 481 g/mol. The van der Waals surface area contributed by atoms with Crippen LogP contribution in [0.25, 0.3) is 16.9 Å². The number of halogens is 1. The molecule has 38 heavy (non-hydrogen) atoms. The maximum Gasteiger partial charge on any atom is 0.295 e. The quantitative estimate of drug-likeness (QED) is 0.323. The molecule has 7 heteroatoms. The van der Waals surface area contributed by atoms with Gasteiger partial charge in [0.05, 0.1) is 25.0 Å². The SMILES string of the molecule is CCOC1=CC(F)(CN2CCC(Nc3ncc(-c4ccccc4)o3)CC2)CC(OCC)=C1c1ccccc1. The molecule has 0 saturated carbocycles. The normalized spacial score (nSPS) is 20.8. The molecule has 2 aliphatic rings. The van der Waals surface area contributed by atoms with Gasteiger partial charge in [0.15, 0.2) is 11.4 Å². The van der Waals surface area contributed by atoms with E-state index in [1.807, 2.05) is 74.5 Å². The molecule has 0 bridgehead atoms. The Kier molecular flexibility index (Phi) is 8.13. The van der Waals surface area contributed by atoms with Crippen LogP contribution in [-0.2, 0) is 9.47 Å². The van der Waals surface area contributed by atoms with E-state index in [0.717, 1.165) is 48.4 Å². The van der Waals surface area contributed by atoms with Crippen molar-refractivity contribution < 1.29 is 18.3 Å². The van der Waals surface area contributed by atoms with Crippen molar-refractivity contribution in [1.82, 2.24) is 9.88 Å². The molecular formula is C31H36FN3O3. The number of allylic oxidation sites excluding steroid dienone is 2. The number of hydrogen-bond donors (Lipinski definition) is 1. The van der Waals surface area contributed by atoms with Crippen LogP contribution < -0.4 is 5.32 Å². The highest BCUT2D eigenvalue weighted by Gasteiger charge is 2.39. The minimum atomic E-state index is -1.57. The molecule has 0 radical (unpaired) electrons. The van der Waals surface area contributed by atoms with Crippen molar-refractivity contribution in [3.8, 4) is 11.3 Å². The molecule has 2 heterocycles. The molecule has 1 aromatic heterocycles. The number of oxazole rings is 1. The molecule has 1 aliphatic heterocycles. The van der Waals surface area contributed by atoms with Crippen molar-refractivity contribution in [2.75, 3.05) is 38.2 Å². The lowest BCUT2D eigenvalue weighted by atomic mass is 9.86. The maximum atomic E-state index is 16.4. The topological polar surface area (TPSA) is 59.8 Å². The van der Waals surface area contributed by atoms with Crippen molar-refractivity contribution in [2.24, 2.45) is 0 Å². The third kappa shape index (κ3) is 6.10. The van der Waals surface area contributed by atoms with Gasteiger partial charge in [-0.3, -0.25) is 4.90 Å². The summed E-state index contributed by atoms with van der Waals surface area (Å²) in [6, 6.07) is 20.7. The molecule has 5 rings (SSSR count). The molecule has 1 atom stereocenters. The van der Waals surface area contributed by atoms with Gasteiger partial charge in [-0.2, -0.15) is 0 Å². The Hall–Kier alpha value is -3.58. The van der Waals surface area contributed by atoms with Crippen molar-refractivity contribution >= 4 is 11.6 Å². The van der Waals surface area contributed by atoms with E-state index in [-0.39, 0.29) is 12.5 Å². The fourth-order valence-corrected chi connectivity index (χ4v) is 5.29. The van der Waals surface area contributed by atoms with Crippen molar-refractivity contribution in [3.05, 3.63) is 90.0 Å². The van der Waals surface area contributed by atoms with Crippen LogP contribution in [-0.4, -0.2) is 54.4 Å². The van der Waals surface area contributed by atoms with Gasteiger partial charge in [-0.1, -0.05) is 60.7 Å². The van der Waals surface area contributed by atoms with Crippen LogP contribution in [0.15, 0.2) is 88.9 Å². The number of benzene rings is 2. The van der Waals surface area contributed by atoms with E-state index < -0.39 is 5.67 Å². The first-order valence-electron chi connectivity index (χ1n) is 13.5. The van der Waals surface area contributed by atoms with Gasteiger partial charge < -0.3 is 19.2 Å². The van der Waals surface area contributed by atoms with E-state index in [0.29, 0.717) is 37.3 Å². The third-order valence-electron chi connectivity index (χ3n) is 7.02. The van der Waals surface area contributed by atoms with Crippen LogP contribution in [0.1, 0.15) is 38.7 Å². The number of ether oxygens (including phenoxy) is 2. The Morgan fingerprint density at radius 3 is 2.29 bits per heavy atom. The minimum Gasteiger partial charge on any atom is -0.497 e. The summed E-state index contributed by atoms with van der Waals surface area (Å²) in [5.41, 5.74) is 1.26. The summed E-state index contributed by atoms with van der Waals surface area (Å²) in [6.45, 7) is 6.66. The highest BCUT2D eigenvalue weighted by Crippen LogP contribution is 2.41. The minimum absolute atomic E-state index is 0.193. The van der Waals surface area contributed by atoms with Crippen LogP contribution >= 0.6 is 0 Å². The van der Waals surface area contributed by atoms with Gasteiger partial charge in [-0.15, -0.1) is 0 Å². The first-order chi connectivity index (χ1) is 18.6. The Balaban J connectivity index is 1.23. The fraction of sp³-hybridized carbons (Fsp3) is 0.387. The standard InChI is InChI=1S/C31H36FN3O3/c1-3-36-26-19-31(32,20-27(37-4-2)29(26)24-13-9-6-10-14-24)22-35-17-15-25(16-18-35)34-30-33-21-28(38-30)23-11-7-5-8-12-23/h5-14,19,21,25H,3-4,15-18,20,22H2,1-2H3,(H,33,34). The predicted molar refractivity (Wildman–Crippen MR) is 148 cm³/mol. The summed E-state index contributed by atoms with van der Waals surface area (Å²) in [7, 11) is 0. The molecule has 1 aliphatic carbocycles. The van der Waals surface area contributed by atoms with Gasteiger partial charge in [0, 0.05) is 37.7 Å². The maximum absolute atomic E-state index is 16.4. The number of hydrogen-bond acceptors (Lipinski definition) is 6. The zero-order valence-electron chi connectivity index (χ0n) is 22.2. The summed E-state index contributed by atoms with van der Waals surface area (Å²) in [5, 5.41) is 3.42. The molecule has 200 valence electrons. The molecule has 3 aromatic rings. The van der Waals surface area contributed by atoms with E-state index >= 15 is 4.39 Å². The monoisotopic (exact) mass is 517 g/mol. The van der Waals surface area contributed by atoms with E-state index in [1.54, 1.807) is 12.3 Å². The second-order valence-electron chi connectivity index (χ2n) is 9.84. The summed E-state index contributed by atoms with van der Waals surface area (Å²) in [5.74, 6) is 1.96. The number of nitrogens with one attached hydrogen (secondary N) is 1. The van der Waals surface area contributed by atoms with E-state index in [9.17, 15) is 0 Å². The fourth-order valence-electron chi connectivity index (χ4n) is 5.29. The first-order valence-corrected chi connectivity index (χ1v) is 13.5. The summed E-state index contributed by atoms with van der Waals surface area (Å²) < 4.78 is 34.3. The molecule has 2 aromatic carbocycles. The van der Waals surface area contributed by atoms with Gasteiger partial charge >= 0.3 is 0 Å². The Morgan fingerprint density at radius 1 is 0.974 bits per heavy atom. The number of aromatic nitrogens is 1. The Morgan fingerprint density at radius 2 is 1.63 bits per heavy atom. The lowest BCUT2D eigenvalue weighted by Crippen LogP contribution is -2.46. The molecule has 1 N–H and O–H groups in total. The highest BCUT2D eigenvalue weighted by molar-refractivity contribution is 5.80. The zero-order chi connectivity index (χ0) is 26.4. The van der Waals surface area contributed by atoms with Gasteiger partial charge in [0.1, 0.15) is 11.5 Å². The number of rotatable bonds is 10. The van der Waals surface area contributed by atoms with E-state index in [2.05, 4.69) is 15.2 Å². The average molecular weight is 518 g/mol. The first kappa shape index (κ1) is 26.0. The van der Waals surface area contributed by atoms with Gasteiger partial charge in [-0.25, -0.2) is 9.37 Å². The van der Waals surface area contributed by atoms with Crippen LogP contribution in [0.4, 0.5) is 10.4 Å². The van der Waals surface area contributed by atoms with Crippen molar-refractivity contribution in [1.29, 1.82) is 0 Å². The van der Waals surface area contributed by atoms with Crippen molar-refractivity contribution in [3.63, 3.8) is 0 Å². The number of likely N-dealkylation sites (tertiary alicyclic amines) is 1. The molecule has 1 saturated heterocycles.